The molecule has 0 spiro atoms. The van der Waals surface area contributed by atoms with Crippen LogP contribution in [0.3, 0.4) is 0 Å². The molecule has 0 amide bonds. The second kappa shape index (κ2) is 5.99. The zero-order chi connectivity index (χ0) is 17.5. The SMILES string of the molecule is CC1(C)CC(S(=O)(=Cc2c(F)cccc2F)N[Si](C)(C)C)=NO1. The highest BCUT2D eigenvalue weighted by Crippen LogP contribution is 2.25. The normalized spacial score (nSPS) is 19.7. The molecular weight excluding hydrogens is 338 g/mol. The summed E-state index contributed by atoms with van der Waals surface area (Å²) in [6.07, 6.45) is 0.329. The zero-order valence-corrected chi connectivity index (χ0v) is 15.8. The fourth-order valence-corrected chi connectivity index (χ4v) is 7.92. The van der Waals surface area contributed by atoms with E-state index in [-0.39, 0.29) is 10.6 Å². The highest BCUT2D eigenvalue weighted by molar-refractivity contribution is 8.14. The van der Waals surface area contributed by atoms with Gasteiger partial charge >= 0.3 is 0 Å². The molecule has 23 heavy (non-hydrogen) atoms. The minimum Gasteiger partial charge on any atom is -0.389 e. The largest absolute Gasteiger partial charge is 0.389 e. The monoisotopic (exact) mass is 360 g/mol. The van der Waals surface area contributed by atoms with Gasteiger partial charge in [-0.3, -0.25) is 4.39 Å². The summed E-state index contributed by atoms with van der Waals surface area (Å²) in [5, 5.41) is 5.33. The number of hydrogen-bond acceptors (Lipinski definition) is 3. The van der Waals surface area contributed by atoms with Gasteiger partial charge in [-0.2, -0.15) is 0 Å². The Hall–Kier alpha value is -1.25. The van der Waals surface area contributed by atoms with Crippen molar-refractivity contribution >= 4 is 28.4 Å². The minimum absolute atomic E-state index is 0.285. The molecule has 1 atom stereocenters. The summed E-state index contributed by atoms with van der Waals surface area (Å²) in [6, 6.07) is 3.55. The number of benzene rings is 1. The predicted molar refractivity (Wildman–Crippen MR) is 93.4 cm³/mol. The van der Waals surface area contributed by atoms with E-state index < -0.39 is 35.2 Å². The molecule has 1 aliphatic rings. The number of nitrogens with one attached hydrogen (secondary N) is 1. The fourth-order valence-electron chi connectivity index (χ4n) is 2.17. The van der Waals surface area contributed by atoms with Gasteiger partial charge in [0.05, 0.1) is 15.3 Å². The molecule has 4 nitrogen and oxygen atoms in total. The second-order valence-electron chi connectivity index (χ2n) is 7.22. The van der Waals surface area contributed by atoms with Crippen molar-refractivity contribution in [2.24, 2.45) is 5.16 Å². The maximum atomic E-state index is 14.0. The molecule has 0 radical (unpaired) electrons. The zero-order valence-electron chi connectivity index (χ0n) is 13.9. The van der Waals surface area contributed by atoms with E-state index in [1.54, 1.807) is 0 Å². The summed E-state index contributed by atoms with van der Waals surface area (Å²) >= 11 is 0. The molecule has 0 fully saturated rings. The van der Waals surface area contributed by atoms with Crippen molar-refractivity contribution in [3.63, 3.8) is 0 Å². The standard InChI is InChI=1S/C15H22F2N2O2SSi/c1-15(2)9-14(18-21-15)22(20,19-23(3,4)5)10-11-12(16)7-6-8-13(11)17/h6-8,10H,9H2,1-5H3,(H,19,20). The Kier molecular flexibility index (Phi) is 4.71. The van der Waals surface area contributed by atoms with Crippen molar-refractivity contribution in [3.05, 3.63) is 35.4 Å². The lowest BCUT2D eigenvalue weighted by atomic mass is 10.1. The van der Waals surface area contributed by atoms with E-state index in [0.29, 0.717) is 6.42 Å². The third kappa shape index (κ3) is 4.39. The van der Waals surface area contributed by atoms with Gasteiger partial charge in [-0.15, -0.1) is 0 Å². The molecule has 128 valence electrons. The third-order valence-electron chi connectivity index (χ3n) is 3.06. The van der Waals surface area contributed by atoms with Crippen LogP contribution in [-0.2, 0) is 14.5 Å². The lowest BCUT2D eigenvalue weighted by Gasteiger charge is -2.23. The van der Waals surface area contributed by atoms with Crippen LogP contribution in [0.5, 0.6) is 0 Å². The van der Waals surface area contributed by atoms with E-state index >= 15 is 0 Å². The van der Waals surface area contributed by atoms with Crippen molar-refractivity contribution in [1.82, 2.24) is 4.39 Å². The van der Waals surface area contributed by atoms with Crippen LogP contribution >= 0.6 is 0 Å². The molecule has 0 aliphatic carbocycles. The Balaban J connectivity index is 2.60. The fraction of sp³-hybridized carbons (Fsp3) is 0.467. The van der Waals surface area contributed by atoms with E-state index in [4.69, 9.17) is 4.84 Å². The lowest BCUT2D eigenvalue weighted by Crippen LogP contribution is -2.49. The van der Waals surface area contributed by atoms with Crippen LogP contribution in [0.15, 0.2) is 23.4 Å². The summed E-state index contributed by atoms with van der Waals surface area (Å²) in [7, 11) is -5.10. The first kappa shape index (κ1) is 18.1. The molecule has 2 rings (SSSR count). The molecule has 1 aromatic rings. The number of rotatable bonds is 3. The molecule has 1 unspecified atom stereocenters. The molecule has 1 N–H and O–H groups in total. The van der Waals surface area contributed by atoms with Crippen LogP contribution in [0, 0.1) is 11.6 Å². The summed E-state index contributed by atoms with van der Waals surface area (Å²) in [5.41, 5.74) is -0.892. The Morgan fingerprint density at radius 1 is 1.30 bits per heavy atom. The molecule has 0 saturated carbocycles. The summed E-state index contributed by atoms with van der Waals surface area (Å²) in [5.74, 6) is -1.51. The van der Waals surface area contributed by atoms with Gasteiger partial charge in [0.25, 0.3) is 0 Å². The van der Waals surface area contributed by atoms with Crippen molar-refractivity contribution < 1.29 is 17.8 Å². The average molecular weight is 361 g/mol. The maximum Gasteiger partial charge on any atom is 0.153 e. The molecule has 1 heterocycles. The van der Waals surface area contributed by atoms with Gasteiger partial charge in [0, 0.05) is 11.8 Å². The van der Waals surface area contributed by atoms with Gasteiger partial charge in [-0.1, -0.05) is 30.9 Å². The van der Waals surface area contributed by atoms with Gasteiger partial charge in [0.1, 0.15) is 25.5 Å². The van der Waals surface area contributed by atoms with E-state index in [0.717, 1.165) is 17.5 Å². The van der Waals surface area contributed by atoms with Gasteiger partial charge < -0.3 is 4.84 Å². The minimum atomic E-state index is -3.06. The lowest BCUT2D eigenvalue weighted by molar-refractivity contribution is 0.0123. The van der Waals surface area contributed by atoms with E-state index in [1.807, 2.05) is 33.5 Å². The quantitative estimate of drug-likeness (QED) is 0.664. The number of oxime groups is 1. The first-order valence-electron chi connectivity index (χ1n) is 7.29. The van der Waals surface area contributed by atoms with Gasteiger partial charge in [0.2, 0.25) is 0 Å². The van der Waals surface area contributed by atoms with Crippen molar-refractivity contribution in [2.75, 3.05) is 0 Å². The van der Waals surface area contributed by atoms with E-state index in [9.17, 15) is 13.0 Å². The summed E-state index contributed by atoms with van der Waals surface area (Å²) in [4.78, 5) is 5.29. The Morgan fingerprint density at radius 2 is 1.87 bits per heavy atom. The highest BCUT2D eigenvalue weighted by atomic mass is 32.2. The smallest absolute Gasteiger partial charge is 0.153 e. The van der Waals surface area contributed by atoms with Crippen LogP contribution in [0.2, 0.25) is 19.6 Å². The van der Waals surface area contributed by atoms with Crippen LogP contribution < -0.4 is 4.39 Å². The van der Waals surface area contributed by atoms with Crippen molar-refractivity contribution in [1.29, 1.82) is 0 Å². The van der Waals surface area contributed by atoms with Crippen LogP contribution in [0.25, 0.3) is 0 Å². The van der Waals surface area contributed by atoms with Gasteiger partial charge in [-0.05, 0) is 26.0 Å². The summed E-state index contributed by atoms with van der Waals surface area (Å²) in [6.45, 7) is 9.52. The molecule has 0 saturated heterocycles. The van der Waals surface area contributed by atoms with Crippen molar-refractivity contribution in [2.45, 2.75) is 45.5 Å². The molecule has 0 aromatic heterocycles. The Labute approximate surface area is 137 Å². The van der Waals surface area contributed by atoms with E-state index in [2.05, 4.69) is 9.54 Å². The van der Waals surface area contributed by atoms with E-state index in [1.165, 1.54) is 6.07 Å². The number of nitrogens with zero attached hydrogens (tertiary/aromatic N) is 1. The number of halogens is 2. The molecule has 8 heteroatoms. The van der Waals surface area contributed by atoms with Gasteiger partial charge in [0.15, 0.2) is 5.04 Å². The Morgan fingerprint density at radius 3 is 2.30 bits per heavy atom. The van der Waals surface area contributed by atoms with Crippen LogP contribution in [-0.4, -0.2) is 28.5 Å². The van der Waals surface area contributed by atoms with Crippen LogP contribution in [0.1, 0.15) is 25.8 Å². The average Bonchev–Trinajstić information content (AvgIpc) is 2.73. The molecule has 0 bridgehead atoms. The van der Waals surface area contributed by atoms with Crippen molar-refractivity contribution in [3.8, 4) is 0 Å². The Bertz CT molecular complexity index is 743. The van der Waals surface area contributed by atoms with Crippen LogP contribution in [0.4, 0.5) is 8.78 Å². The van der Waals surface area contributed by atoms with Gasteiger partial charge in [-0.25, -0.2) is 13.0 Å². The first-order chi connectivity index (χ1) is 10.4. The number of hydrogen-bond donors (Lipinski definition) is 1. The maximum absolute atomic E-state index is 14.0. The summed E-state index contributed by atoms with van der Waals surface area (Å²) < 4.78 is 44.5. The highest BCUT2D eigenvalue weighted by Gasteiger charge is 2.36. The predicted octanol–water partition coefficient (Wildman–Crippen LogP) is 3.25. The third-order valence-corrected chi connectivity index (χ3v) is 8.21. The topological polar surface area (TPSA) is 50.7 Å². The first-order valence-corrected chi connectivity index (χ1v) is 12.4. The molecule has 1 aliphatic heterocycles. The second-order valence-corrected chi connectivity index (χ2v) is 14.4. The molecule has 1 aromatic carbocycles. The molecular formula is C15H22F2N2O2SSi.